The van der Waals surface area contributed by atoms with Gasteiger partial charge in [0.15, 0.2) is 5.82 Å². The van der Waals surface area contributed by atoms with Crippen LogP contribution in [0, 0.1) is 0 Å². The quantitative estimate of drug-likeness (QED) is 0.509. The number of amides is 1. The Morgan fingerprint density at radius 3 is 2.11 bits per heavy atom. The lowest BCUT2D eigenvalue weighted by atomic mass is 10.1. The fourth-order valence-electron chi connectivity index (χ4n) is 2.64. The van der Waals surface area contributed by atoms with Gasteiger partial charge in [-0.2, -0.15) is 0 Å². The summed E-state index contributed by atoms with van der Waals surface area (Å²) in [7, 11) is 0. The second-order valence-corrected chi connectivity index (χ2v) is 6.76. The molecule has 3 aromatic carbocycles. The van der Waals surface area contributed by atoms with Gasteiger partial charge in [-0.15, -0.1) is 15.0 Å². The van der Waals surface area contributed by atoms with E-state index in [-0.39, 0.29) is 5.91 Å². The minimum Gasteiger partial charge on any atom is -0.303 e. The third-order valence-electron chi connectivity index (χ3n) is 3.99. The molecule has 1 amide bonds. The van der Waals surface area contributed by atoms with E-state index >= 15 is 0 Å². The van der Waals surface area contributed by atoms with Crippen molar-refractivity contribution in [2.75, 3.05) is 5.32 Å². The van der Waals surface area contributed by atoms with Crippen LogP contribution in [-0.2, 0) is 0 Å². The van der Waals surface area contributed by atoms with Crippen LogP contribution in [0.15, 0.2) is 89.4 Å². The molecule has 5 nitrogen and oxygen atoms in total. The Kier molecular flexibility index (Phi) is 4.80. The summed E-state index contributed by atoms with van der Waals surface area (Å²) in [5.74, 6) is 0.189. The van der Waals surface area contributed by atoms with Gasteiger partial charge in [0.05, 0.1) is 5.69 Å². The Morgan fingerprint density at radius 1 is 0.815 bits per heavy atom. The van der Waals surface area contributed by atoms with Crippen molar-refractivity contribution in [3.8, 4) is 16.9 Å². The summed E-state index contributed by atoms with van der Waals surface area (Å²) in [6.45, 7) is 0. The molecule has 0 radical (unpaired) electrons. The largest absolute Gasteiger partial charge is 0.303 e. The SMILES string of the molecule is O=C(Nc1nn(-c2ccc(Br)cc2)nc1-c1ccccc1)c1ccccc1. The van der Waals surface area contributed by atoms with Gasteiger partial charge in [0.25, 0.3) is 5.91 Å². The number of aromatic nitrogens is 3. The number of hydrogen-bond acceptors (Lipinski definition) is 3. The highest BCUT2D eigenvalue weighted by Gasteiger charge is 2.17. The third kappa shape index (κ3) is 3.80. The van der Waals surface area contributed by atoms with Crippen LogP contribution in [-0.4, -0.2) is 20.9 Å². The maximum Gasteiger partial charge on any atom is 0.256 e. The van der Waals surface area contributed by atoms with Crippen LogP contribution in [0.3, 0.4) is 0 Å². The molecule has 4 rings (SSSR count). The zero-order valence-corrected chi connectivity index (χ0v) is 15.8. The number of nitrogens with one attached hydrogen (secondary N) is 1. The molecule has 0 saturated carbocycles. The summed E-state index contributed by atoms with van der Waals surface area (Å²) in [5.41, 5.74) is 2.86. The topological polar surface area (TPSA) is 59.8 Å². The molecule has 0 aliphatic heterocycles. The Balaban J connectivity index is 1.74. The van der Waals surface area contributed by atoms with Gasteiger partial charge < -0.3 is 5.32 Å². The number of carbonyl (C=O) groups excluding carboxylic acids is 1. The number of benzene rings is 3. The second kappa shape index (κ2) is 7.55. The van der Waals surface area contributed by atoms with Crippen molar-refractivity contribution in [2.45, 2.75) is 0 Å². The second-order valence-electron chi connectivity index (χ2n) is 5.85. The van der Waals surface area contributed by atoms with Crippen LogP contribution < -0.4 is 5.32 Å². The molecular weight excluding hydrogens is 404 g/mol. The standard InChI is InChI=1S/C21H15BrN4O/c22-17-11-13-18(14-12-17)26-24-19(15-7-3-1-4-8-15)20(25-26)23-21(27)16-9-5-2-6-10-16/h1-14H,(H,23,25,27). The zero-order valence-electron chi connectivity index (χ0n) is 14.2. The first-order valence-electron chi connectivity index (χ1n) is 8.36. The van der Waals surface area contributed by atoms with Crippen molar-refractivity contribution in [3.63, 3.8) is 0 Å². The smallest absolute Gasteiger partial charge is 0.256 e. The van der Waals surface area contributed by atoms with Crippen LogP contribution in [0.25, 0.3) is 16.9 Å². The Labute approximate surface area is 164 Å². The summed E-state index contributed by atoms with van der Waals surface area (Å²) in [6, 6.07) is 26.4. The summed E-state index contributed by atoms with van der Waals surface area (Å²) in [5, 5.41) is 12.0. The van der Waals surface area contributed by atoms with Gasteiger partial charge in [-0.05, 0) is 36.4 Å². The van der Waals surface area contributed by atoms with Crippen molar-refractivity contribution < 1.29 is 4.79 Å². The highest BCUT2D eigenvalue weighted by atomic mass is 79.9. The van der Waals surface area contributed by atoms with Gasteiger partial charge in [0.2, 0.25) is 0 Å². The lowest BCUT2D eigenvalue weighted by Gasteiger charge is -2.03. The first kappa shape index (κ1) is 17.2. The minimum absolute atomic E-state index is 0.226. The van der Waals surface area contributed by atoms with E-state index in [4.69, 9.17) is 0 Å². The first-order chi connectivity index (χ1) is 13.2. The average molecular weight is 419 g/mol. The lowest BCUT2D eigenvalue weighted by Crippen LogP contribution is -2.13. The molecule has 0 saturated heterocycles. The van der Waals surface area contributed by atoms with E-state index in [9.17, 15) is 4.79 Å². The molecule has 4 aromatic rings. The molecule has 0 spiro atoms. The molecule has 27 heavy (non-hydrogen) atoms. The molecule has 0 aliphatic carbocycles. The number of nitrogens with zero attached hydrogens (tertiary/aromatic N) is 3. The Hall–Kier alpha value is -3.25. The van der Waals surface area contributed by atoms with Gasteiger partial charge in [-0.1, -0.05) is 64.5 Å². The molecule has 0 aliphatic rings. The molecule has 0 bridgehead atoms. The van der Waals surface area contributed by atoms with Crippen molar-refractivity contribution in [2.24, 2.45) is 0 Å². The molecule has 0 unspecified atom stereocenters. The molecule has 0 atom stereocenters. The van der Waals surface area contributed by atoms with Crippen molar-refractivity contribution in [1.82, 2.24) is 15.0 Å². The molecule has 0 fully saturated rings. The molecule has 1 aromatic heterocycles. The van der Waals surface area contributed by atoms with E-state index in [1.54, 1.807) is 12.1 Å². The summed E-state index contributed by atoms with van der Waals surface area (Å²) in [6.07, 6.45) is 0. The maximum atomic E-state index is 12.6. The van der Waals surface area contributed by atoms with E-state index < -0.39 is 0 Å². The van der Waals surface area contributed by atoms with E-state index in [0.29, 0.717) is 17.1 Å². The van der Waals surface area contributed by atoms with Crippen LogP contribution in [0.4, 0.5) is 5.82 Å². The van der Waals surface area contributed by atoms with Crippen molar-refractivity contribution in [3.05, 3.63) is 95.0 Å². The predicted octanol–water partition coefficient (Wildman–Crippen LogP) is 4.95. The number of rotatable bonds is 4. The summed E-state index contributed by atoms with van der Waals surface area (Å²) in [4.78, 5) is 14.1. The number of anilines is 1. The monoisotopic (exact) mass is 418 g/mol. The van der Waals surface area contributed by atoms with Gasteiger partial charge in [-0.25, -0.2) is 0 Å². The Morgan fingerprint density at radius 2 is 1.44 bits per heavy atom. The molecule has 1 N–H and O–H groups in total. The summed E-state index contributed by atoms with van der Waals surface area (Å²) < 4.78 is 0.972. The number of hydrogen-bond donors (Lipinski definition) is 1. The van der Waals surface area contributed by atoms with Gasteiger partial charge in [-0.3, -0.25) is 4.79 Å². The fraction of sp³-hybridized carbons (Fsp3) is 0. The van der Waals surface area contributed by atoms with Crippen LogP contribution >= 0.6 is 15.9 Å². The van der Waals surface area contributed by atoms with Crippen LogP contribution in [0.5, 0.6) is 0 Å². The zero-order chi connectivity index (χ0) is 18.6. The van der Waals surface area contributed by atoms with E-state index in [2.05, 4.69) is 31.4 Å². The van der Waals surface area contributed by atoms with Crippen molar-refractivity contribution >= 4 is 27.7 Å². The lowest BCUT2D eigenvalue weighted by molar-refractivity contribution is 0.102. The Bertz CT molecular complexity index is 1060. The van der Waals surface area contributed by atoms with Crippen molar-refractivity contribution in [1.29, 1.82) is 0 Å². The van der Waals surface area contributed by atoms with E-state index in [0.717, 1.165) is 15.7 Å². The fourth-order valence-corrected chi connectivity index (χ4v) is 2.90. The third-order valence-corrected chi connectivity index (χ3v) is 4.52. The normalized spacial score (nSPS) is 10.6. The highest BCUT2D eigenvalue weighted by Crippen LogP contribution is 2.26. The molecule has 1 heterocycles. The number of halogens is 1. The van der Waals surface area contributed by atoms with E-state index in [1.165, 1.54) is 4.80 Å². The van der Waals surface area contributed by atoms with E-state index in [1.807, 2.05) is 72.8 Å². The highest BCUT2D eigenvalue weighted by molar-refractivity contribution is 9.10. The van der Waals surface area contributed by atoms with Crippen LogP contribution in [0.1, 0.15) is 10.4 Å². The number of carbonyl (C=O) groups is 1. The molecule has 132 valence electrons. The average Bonchev–Trinajstić information content (AvgIpc) is 3.13. The summed E-state index contributed by atoms with van der Waals surface area (Å²) >= 11 is 3.43. The minimum atomic E-state index is -0.226. The molecular formula is C21H15BrN4O. The van der Waals surface area contributed by atoms with Crippen LogP contribution in [0.2, 0.25) is 0 Å². The predicted molar refractivity (Wildman–Crippen MR) is 109 cm³/mol. The van der Waals surface area contributed by atoms with Gasteiger partial charge >= 0.3 is 0 Å². The first-order valence-corrected chi connectivity index (χ1v) is 9.15. The van der Waals surface area contributed by atoms with Gasteiger partial charge in [0.1, 0.15) is 5.69 Å². The molecule has 6 heteroatoms. The maximum absolute atomic E-state index is 12.6. The van der Waals surface area contributed by atoms with Gasteiger partial charge in [0, 0.05) is 15.6 Å².